The lowest BCUT2D eigenvalue weighted by Crippen LogP contribution is -2.49. The average molecular weight is 484 g/mol. The zero-order valence-electron chi connectivity index (χ0n) is 21.4. The maximum Gasteiger partial charge on any atom is 0.0845 e. The molecule has 0 bridgehead atoms. The molecule has 1 fully saturated rings. The monoisotopic (exact) mass is 483 g/mol. The van der Waals surface area contributed by atoms with Crippen LogP contribution in [0.2, 0.25) is 0 Å². The minimum absolute atomic E-state index is 0.203. The van der Waals surface area contributed by atoms with Gasteiger partial charge in [0.25, 0.3) is 0 Å². The van der Waals surface area contributed by atoms with E-state index in [2.05, 4.69) is 101 Å². The van der Waals surface area contributed by atoms with Gasteiger partial charge in [-0.05, 0) is 36.6 Å². The Kier molecular flexibility index (Phi) is 7.54. The highest BCUT2D eigenvalue weighted by molar-refractivity contribution is 6.06. The summed E-state index contributed by atoms with van der Waals surface area (Å²) in [6.07, 6.45) is -0.489. The average Bonchev–Trinajstić information content (AvgIpc) is 3.20. The van der Waals surface area contributed by atoms with Gasteiger partial charge in [-0.1, -0.05) is 72.3 Å². The van der Waals surface area contributed by atoms with Crippen molar-refractivity contribution in [2.24, 2.45) is 0 Å². The molecule has 5 nitrogen and oxygen atoms in total. The lowest BCUT2D eigenvalue weighted by atomic mass is 9.97. The number of fused-ring (bicyclic) bond motifs is 1. The third-order valence-corrected chi connectivity index (χ3v) is 7.34. The van der Waals surface area contributed by atoms with Crippen LogP contribution in [0.25, 0.3) is 33.3 Å². The van der Waals surface area contributed by atoms with Crippen molar-refractivity contribution in [3.63, 3.8) is 0 Å². The fourth-order valence-corrected chi connectivity index (χ4v) is 5.76. The number of piperazine rings is 1. The Morgan fingerprint density at radius 1 is 0.778 bits per heavy atom. The van der Waals surface area contributed by atoms with Crippen LogP contribution < -0.4 is 0 Å². The Morgan fingerprint density at radius 3 is 2.03 bits per heavy atom. The maximum absolute atomic E-state index is 11.4. The Hall–Kier alpha value is -2.96. The molecule has 2 heterocycles. The smallest absolute Gasteiger partial charge is 0.0845 e. The lowest BCUT2D eigenvalue weighted by molar-refractivity contribution is 0.0598. The van der Waals surface area contributed by atoms with Crippen molar-refractivity contribution in [2.75, 3.05) is 45.9 Å². The SMILES string of the molecule is Cc1cc(C)c2c(c1)c(-c1ccccc1)c(-c1ccccc1)n2C[C@H](O)CN1CCN(CCO)CC1. The van der Waals surface area contributed by atoms with Crippen LogP contribution in [0.3, 0.4) is 0 Å². The van der Waals surface area contributed by atoms with E-state index in [0.29, 0.717) is 13.1 Å². The number of benzene rings is 3. The topological polar surface area (TPSA) is 51.9 Å². The first-order valence-corrected chi connectivity index (χ1v) is 13.0. The summed E-state index contributed by atoms with van der Waals surface area (Å²) in [5.74, 6) is 0. The minimum atomic E-state index is -0.489. The van der Waals surface area contributed by atoms with Crippen molar-refractivity contribution in [3.8, 4) is 22.4 Å². The molecule has 5 heteroatoms. The number of hydrogen-bond donors (Lipinski definition) is 2. The van der Waals surface area contributed by atoms with E-state index in [1.165, 1.54) is 33.2 Å². The van der Waals surface area contributed by atoms with Crippen molar-refractivity contribution >= 4 is 10.9 Å². The van der Waals surface area contributed by atoms with E-state index < -0.39 is 6.10 Å². The van der Waals surface area contributed by atoms with Crippen molar-refractivity contribution < 1.29 is 10.2 Å². The number of aryl methyl sites for hydroxylation is 2. The van der Waals surface area contributed by atoms with Gasteiger partial charge in [0.1, 0.15) is 0 Å². The Balaban J connectivity index is 1.57. The largest absolute Gasteiger partial charge is 0.395 e. The van der Waals surface area contributed by atoms with Crippen LogP contribution >= 0.6 is 0 Å². The molecule has 1 aromatic heterocycles. The fraction of sp³-hybridized carbons (Fsp3) is 0.355. The number of aliphatic hydroxyl groups excluding tert-OH is 2. The van der Waals surface area contributed by atoms with E-state index in [4.69, 9.17) is 0 Å². The number of aliphatic hydroxyl groups is 2. The Bertz CT molecular complexity index is 1290. The van der Waals surface area contributed by atoms with Gasteiger partial charge in [0.2, 0.25) is 0 Å². The molecule has 1 saturated heterocycles. The van der Waals surface area contributed by atoms with Gasteiger partial charge in [0.05, 0.1) is 30.5 Å². The predicted octanol–water partition coefficient (Wildman–Crippen LogP) is 4.56. The summed E-state index contributed by atoms with van der Waals surface area (Å²) >= 11 is 0. The molecule has 1 aliphatic heterocycles. The highest BCUT2D eigenvalue weighted by atomic mass is 16.3. The molecule has 5 rings (SSSR count). The fourth-order valence-electron chi connectivity index (χ4n) is 5.76. The van der Waals surface area contributed by atoms with Crippen LogP contribution in [0, 0.1) is 13.8 Å². The van der Waals surface area contributed by atoms with Gasteiger partial charge in [-0.15, -0.1) is 0 Å². The number of hydrogen-bond acceptors (Lipinski definition) is 4. The lowest BCUT2D eigenvalue weighted by Gasteiger charge is -2.35. The van der Waals surface area contributed by atoms with Crippen molar-refractivity contribution in [3.05, 3.63) is 83.9 Å². The van der Waals surface area contributed by atoms with E-state index in [9.17, 15) is 10.2 Å². The molecule has 0 saturated carbocycles. The van der Waals surface area contributed by atoms with E-state index in [0.717, 1.165) is 44.0 Å². The number of nitrogens with zero attached hydrogens (tertiary/aromatic N) is 3. The van der Waals surface area contributed by atoms with Gasteiger partial charge >= 0.3 is 0 Å². The van der Waals surface area contributed by atoms with Crippen molar-refractivity contribution in [1.82, 2.24) is 14.4 Å². The normalized spacial score (nSPS) is 16.0. The predicted molar refractivity (Wildman–Crippen MR) is 148 cm³/mol. The van der Waals surface area contributed by atoms with Gasteiger partial charge in [0, 0.05) is 50.2 Å². The molecule has 0 radical (unpaired) electrons. The summed E-state index contributed by atoms with van der Waals surface area (Å²) < 4.78 is 2.36. The van der Waals surface area contributed by atoms with E-state index >= 15 is 0 Å². The third-order valence-electron chi connectivity index (χ3n) is 7.34. The van der Waals surface area contributed by atoms with E-state index in [1.807, 2.05) is 0 Å². The summed E-state index contributed by atoms with van der Waals surface area (Å²) in [6, 6.07) is 25.7. The van der Waals surface area contributed by atoms with Crippen molar-refractivity contribution in [1.29, 1.82) is 0 Å². The molecule has 36 heavy (non-hydrogen) atoms. The Morgan fingerprint density at radius 2 is 1.39 bits per heavy atom. The molecule has 0 spiro atoms. The van der Waals surface area contributed by atoms with Gasteiger partial charge in [-0.25, -0.2) is 0 Å². The second-order valence-corrected chi connectivity index (χ2v) is 10.1. The molecular weight excluding hydrogens is 446 g/mol. The summed E-state index contributed by atoms with van der Waals surface area (Å²) in [5.41, 5.74) is 8.43. The first kappa shape index (κ1) is 24.7. The molecule has 0 amide bonds. The molecule has 0 aliphatic carbocycles. The third kappa shape index (κ3) is 5.11. The van der Waals surface area contributed by atoms with Gasteiger partial charge in [0.15, 0.2) is 0 Å². The summed E-state index contributed by atoms with van der Waals surface area (Å²) in [6.45, 7) is 10.2. The molecule has 0 unspecified atom stereocenters. The van der Waals surface area contributed by atoms with Gasteiger partial charge in [-0.2, -0.15) is 0 Å². The number of β-amino-alcohol motifs (C(OH)–C–C–N with tert-alkyl or cyclic N) is 2. The molecule has 4 aromatic rings. The molecule has 1 aliphatic rings. The first-order chi connectivity index (χ1) is 17.5. The first-order valence-electron chi connectivity index (χ1n) is 13.0. The van der Waals surface area contributed by atoms with Crippen LogP contribution in [0.15, 0.2) is 72.8 Å². The van der Waals surface area contributed by atoms with Crippen LogP contribution in [0.4, 0.5) is 0 Å². The standard InChI is InChI=1S/C31H37N3O2/c1-23-19-24(2)30-28(20-23)29(25-9-5-3-6-10-25)31(26-11-7-4-8-12-26)34(30)22-27(36)21-33-15-13-32(14-16-33)17-18-35/h3-12,19-20,27,35-36H,13-18,21-22H2,1-2H3/t27-/m1/s1. The second kappa shape index (κ2) is 11.0. The summed E-state index contributed by atoms with van der Waals surface area (Å²) in [4.78, 5) is 4.63. The molecule has 2 N–H and O–H groups in total. The van der Waals surface area contributed by atoms with E-state index in [1.54, 1.807) is 0 Å². The number of rotatable bonds is 8. The molecule has 1 atom stereocenters. The quantitative estimate of drug-likeness (QED) is 0.386. The molecule has 188 valence electrons. The van der Waals surface area contributed by atoms with Gasteiger partial charge in [-0.3, -0.25) is 9.80 Å². The van der Waals surface area contributed by atoms with Crippen LogP contribution in [0.5, 0.6) is 0 Å². The zero-order chi connectivity index (χ0) is 25.1. The highest BCUT2D eigenvalue weighted by Gasteiger charge is 2.25. The zero-order valence-corrected chi connectivity index (χ0v) is 21.4. The van der Waals surface area contributed by atoms with Crippen LogP contribution in [0.1, 0.15) is 11.1 Å². The number of aromatic nitrogens is 1. The van der Waals surface area contributed by atoms with Crippen molar-refractivity contribution in [2.45, 2.75) is 26.5 Å². The van der Waals surface area contributed by atoms with Crippen LogP contribution in [-0.2, 0) is 6.54 Å². The molecule has 3 aromatic carbocycles. The maximum atomic E-state index is 11.4. The summed E-state index contributed by atoms with van der Waals surface area (Å²) in [7, 11) is 0. The molecular formula is C31H37N3O2. The second-order valence-electron chi connectivity index (χ2n) is 10.1. The summed E-state index contributed by atoms with van der Waals surface area (Å²) in [5, 5.41) is 21.8. The van der Waals surface area contributed by atoms with Gasteiger partial charge < -0.3 is 14.8 Å². The highest BCUT2D eigenvalue weighted by Crippen LogP contribution is 2.42. The Labute approximate surface area is 214 Å². The van der Waals surface area contributed by atoms with E-state index in [-0.39, 0.29) is 6.61 Å². The van der Waals surface area contributed by atoms with Crippen LogP contribution in [-0.4, -0.2) is 76.6 Å². The minimum Gasteiger partial charge on any atom is -0.395 e.